The van der Waals surface area contributed by atoms with E-state index in [0.29, 0.717) is 54.8 Å². The number of piperidine rings is 1. The number of carbonyl (C=O) groups is 2. The number of ether oxygens (including phenoxy) is 2. The fourth-order valence-electron chi connectivity index (χ4n) is 4.29. The lowest BCUT2D eigenvalue weighted by molar-refractivity contribution is -0.152. The van der Waals surface area contributed by atoms with Crippen molar-refractivity contribution in [2.45, 2.75) is 32.8 Å². The molecule has 1 fully saturated rings. The van der Waals surface area contributed by atoms with Crippen LogP contribution in [0.3, 0.4) is 0 Å². The average molecular weight is 519 g/mol. The molecular formula is C26H25Cl2FN2O4. The summed E-state index contributed by atoms with van der Waals surface area (Å²) in [4.78, 5) is 30.9. The van der Waals surface area contributed by atoms with Gasteiger partial charge in [0.2, 0.25) is 0 Å². The standard InChI is InChI=1S/C26H25Cl2FN2O4/c1-3-34-26(33)16-8-10-31(11-9-16)25(32)15(2)35-18-5-7-19-21(13-18)24(28)30-14-22(19)20-6-4-17(29)12-23(20)27/h4-7,12-16H,3,8-11H2,1-2H3/t15-/m1/s1. The molecule has 35 heavy (non-hydrogen) atoms. The Morgan fingerprint density at radius 3 is 2.54 bits per heavy atom. The molecule has 2 heterocycles. The minimum atomic E-state index is -0.729. The van der Waals surface area contributed by atoms with Crippen LogP contribution in [-0.2, 0) is 14.3 Å². The van der Waals surface area contributed by atoms with Crippen LogP contribution in [0.15, 0.2) is 42.6 Å². The van der Waals surface area contributed by atoms with Gasteiger partial charge < -0.3 is 14.4 Å². The number of esters is 1. The van der Waals surface area contributed by atoms with Gasteiger partial charge >= 0.3 is 5.97 Å². The SMILES string of the molecule is CCOC(=O)C1CCN(C(=O)[C@@H](C)Oc2ccc3c(-c4ccc(F)cc4Cl)cnc(Cl)c3c2)CC1. The number of rotatable bonds is 6. The second kappa shape index (κ2) is 10.8. The van der Waals surface area contributed by atoms with Crippen molar-refractivity contribution < 1.29 is 23.5 Å². The Balaban J connectivity index is 1.49. The summed E-state index contributed by atoms with van der Waals surface area (Å²) in [5, 5.41) is 1.93. The number of amides is 1. The summed E-state index contributed by atoms with van der Waals surface area (Å²) < 4.78 is 24.5. The number of pyridine rings is 1. The van der Waals surface area contributed by atoms with Gasteiger partial charge in [-0.2, -0.15) is 0 Å². The second-order valence-corrected chi connectivity index (χ2v) is 9.17. The van der Waals surface area contributed by atoms with Crippen LogP contribution in [0.25, 0.3) is 21.9 Å². The van der Waals surface area contributed by atoms with Gasteiger partial charge in [0.1, 0.15) is 16.7 Å². The van der Waals surface area contributed by atoms with Gasteiger partial charge in [-0.3, -0.25) is 9.59 Å². The van der Waals surface area contributed by atoms with Crippen LogP contribution in [0.2, 0.25) is 10.2 Å². The Morgan fingerprint density at radius 1 is 1.11 bits per heavy atom. The lowest BCUT2D eigenvalue weighted by Gasteiger charge is -2.32. The number of aromatic nitrogens is 1. The summed E-state index contributed by atoms with van der Waals surface area (Å²) in [6.07, 6.45) is 2.01. The number of carbonyl (C=O) groups excluding carboxylic acids is 2. The first-order chi connectivity index (χ1) is 16.8. The first-order valence-corrected chi connectivity index (χ1v) is 12.2. The van der Waals surface area contributed by atoms with E-state index in [1.165, 1.54) is 12.1 Å². The summed E-state index contributed by atoms with van der Waals surface area (Å²) in [6, 6.07) is 9.46. The Morgan fingerprint density at radius 2 is 1.86 bits per heavy atom. The van der Waals surface area contributed by atoms with E-state index >= 15 is 0 Å². The highest BCUT2D eigenvalue weighted by molar-refractivity contribution is 6.36. The number of likely N-dealkylation sites (tertiary alicyclic amines) is 1. The Kier molecular flexibility index (Phi) is 7.77. The summed E-state index contributed by atoms with van der Waals surface area (Å²) in [5.41, 5.74) is 1.33. The Bertz CT molecular complexity index is 1260. The molecule has 4 rings (SSSR count). The van der Waals surface area contributed by atoms with E-state index in [0.717, 1.165) is 5.39 Å². The Hall–Kier alpha value is -2.90. The zero-order valence-electron chi connectivity index (χ0n) is 19.4. The molecule has 1 saturated heterocycles. The molecule has 184 valence electrons. The molecule has 0 radical (unpaired) electrons. The van der Waals surface area contributed by atoms with Gasteiger partial charge in [0.05, 0.1) is 17.5 Å². The van der Waals surface area contributed by atoms with Crippen LogP contribution in [0, 0.1) is 11.7 Å². The number of hydrogen-bond acceptors (Lipinski definition) is 5. The average Bonchev–Trinajstić information content (AvgIpc) is 2.85. The molecule has 3 aromatic rings. The van der Waals surface area contributed by atoms with E-state index in [1.807, 2.05) is 6.07 Å². The van der Waals surface area contributed by atoms with E-state index in [4.69, 9.17) is 32.7 Å². The van der Waals surface area contributed by atoms with Gasteiger partial charge in [-0.15, -0.1) is 0 Å². The minimum Gasteiger partial charge on any atom is -0.481 e. The predicted molar refractivity (Wildman–Crippen MR) is 133 cm³/mol. The van der Waals surface area contributed by atoms with E-state index < -0.39 is 11.9 Å². The first-order valence-electron chi connectivity index (χ1n) is 11.4. The van der Waals surface area contributed by atoms with Crippen LogP contribution in [0.4, 0.5) is 4.39 Å². The number of benzene rings is 2. The molecule has 0 aliphatic carbocycles. The van der Waals surface area contributed by atoms with Gasteiger partial charge in [0, 0.05) is 35.8 Å². The molecule has 1 aromatic heterocycles. The summed E-state index contributed by atoms with van der Waals surface area (Å²) in [7, 11) is 0. The number of hydrogen-bond donors (Lipinski definition) is 0. The smallest absolute Gasteiger partial charge is 0.309 e. The van der Waals surface area contributed by atoms with Crippen molar-refractivity contribution in [1.82, 2.24) is 9.88 Å². The molecule has 0 bridgehead atoms. The Labute approximate surface area is 212 Å². The number of nitrogens with zero attached hydrogens (tertiary/aromatic N) is 2. The zero-order chi connectivity index (χ0) is 25.1. The highest BCUT2D eigenvalue weighted by Gasteiger charge is 2.30. The molecule has 1 aliphatic heterocycles. The maximum Gasteiger partial charge on any atom is 0.309 e. The van der Waals surface area contributed by atoms with Gasteiger partial charge in [-0.1, -0.05) is 23.2 Å². The summed E-state index contributed by atoms with van der Waals surface area (Å²) >= 11 is 12.6. The van der Waals surface area contributed by atoms with Crippen LogP contribution >= 0.6 is 23.2 Å². The molecule has 1 amide bonds. The van der Waals surface area contributed by atoms with Crippen LogP contribution < -0.4 is 4.74 Å². The fourth-order valence-corrected chi connectivity index (χ4v) is 4.77. The van der Waals surface area contributed by atoms with Crippen molar-refractivity contribution in [3.8, 4) is 16.9 Å². The summed E-state index contributed by atoms with van der Waals surface area (Å²) in [5.74, 6) is -0.486. The van der Waals surface area contributed by atoms with Crippen LogP contribution in [0.1, 0.15) is 26.7 Å². The lowest BCUT2D eigenvalue weighted by Crippen LogP contribution is -2.45. The third kappa shape index (κ3) is 5.52. The van der Waals surface area contributed by atoms with Gasteiger partial charge in [-0.05, 0) is 68.5 Å². The monoisotopic (exact) mass is 518 g/mol. The number of fused-ring (bicyclic) bond motifs is 1. The second-order valence-electron chi connectivity index (χ2n) is 8.41. The van der Waals surface area contributed by atoms with Gasteiger partial charge in [0.25, 0.3) is 5.91 Å². The van der Waals surface area contributed by atoms with E-state index in [1.54, 1.807) is 43.1 Å². The predicted octanol–water partition coefficient (Wildman–Crippen LogP) is 5.92. The molecule has 0 unspecified atom stereocenters. The highest BCUT2D eigenvalue weighted by atomic mass is 35.5. The third-order valence-electron chi connectivity index (χ3n) is 6.12. The molecule has 1 aliphatic rings. The quantitative estimate of drug-likeness (QED) is 0.299. The highest BCUT2D eigenvalue weighted by Crippen LogP contribution is 2.37. The van der Waals surface area contributed by atoms with E-state index in [9.17, 15) is 14.0 Å². The van der Waals surface area contributed by atoms with Crippen LogP contribution in [0.5, 0.6) is 5.75 Å². The largest absolute Gasteiger partial charge is 0.481 e. The van der Waals surface area contributed by atoms with Crippen molar-refractivity contribution in [1.29, 1.82) is 0 Å². The van der Waals surface area contributed by atoms with E-state index in [2.05, 4.69) is 4.98 Å². The summed E-state index contributed by atoms with van der Waals surface area (Å²) in [6.45, 7) is 4.78. The molecule has 9 heteroatoms. The van der Waals surface area contributed by atoms with Crippen LogP contribution in [-0.4, -0.2) is 47.6 Å². The topological polar surface area (TPSA) is 68.7 Å². The van der Waals surface area contributed by atoms with Gasteiger partial charge in [-0.25, -0.2) is 9.37 Å². The maximum atomic E-state index is 13.5. The fraction of sp³-hybridized carbons (Fsp3) is 0.346. The first kappa shape index (κ1) is 25.2. The van der Waals surface area contributed by atoms with Gasteiger partial charge in [0.15, 0.2) is 6.10 Å². The molecule has 0 N–H and O–H groups in total. The molecule has 6 nitrogen and oxygen atoms in total. The zero-order valence-corrected chi connectivity index (χ0v) is 20.9. The number of halogens is 3. The normalized spacial score (nSPS) is 15.2. The van der Waals surface area contributed by atoms with Crippen molar-refractivity contribution in [2.75, 3.05) is 19.7 Å². The van der Waals surface area contributed by atoms with Crippen molar-refractivity contribution in [3.63, 3.8) is 0 Å². The third-order valence-corrected chi connectivity index (χ3v) is 6.73. The lowest BCUT2D eigenvalue weighted by atomic mass is 9.96. The molecule has 0 saturated carbocycles. The molecule has 0 spiro atoms. The van der Waals surface area contributed by atoms with Crippen molar-refractivity contribution in [2.24, 2.45) is 5.92 Å². The van der Waals surface area contributed by atoms with E-state index in [-0.39, 0.29) is 28.0 Å². The van der Waals surface area contributed by atoms with Crippen molar-refractivity contribution >= 4 is 45.9 Å². The molecular weight excluding hydrogens is 494 g/mol. The molecule has 1 atom stereocenters. The van der Waals surface area contributed by atoms with Crippen molar-refractivity contribution in [3.05, 3.63) is 58.6 Å². The maximum absolute atomic E-state index is 13.5. The molecule has 2 aromatic carbocycles. The minimum absolute atomic E-state index is 0.150.